The van der Waals surface area contributed by atoms with Gasteiger partial charge >= 0.3 is 11.9 Å². The Morgan fingerprint density at radius 2 is 1.70 bits per heavy atom. The fourth-order valence-electron chi connectivity index (χ4n) is 2.83. The van der Waals surface area contributed by atoms with Crippen LogP contribution in [-0.4, -0.2) is 27.1 Å². The number of H-pyrrole nitrogens is 1. The first-order valence-electron chi connectivity index (χ1n) is 7.22. The molecule has 1 aromatic heterocycles. The van der Waals surface area contributed by atoms with E-state index < -0.39 is 11.9 Å². The van der Waals surface area contributed by atoms with Crippen LogP contribution in [0.3, 0.4) is 0 Å². The number of aliphatic carboxylic acids is 1. The summed E-state index contributed by atoms with van der Waals surface area (Å²) < 4.78 is 0. The number of carboxylic acid groups (broad SMARTS) is 2. The largest absolute Gasteiger partial charge is 0.481 e. The third-order valence-corrected chi connectivity index (χ3v) is 3.81. The highest BCUT2D eigenvalue weighted by atomic mass is 16.4. The van der Waals surface area contributed by atoms with Gasteiger partial charge in [0.15, 0.2) is 0 Å². The Balaban J connectivity index is 2.27. The van der Waals surface area contributed by atoms with Crippen LogP contribution in [-0.2, 0) is 11.2 Å². The van der Waals surface area contributed by atoms with Gasteiger partial charge in [0.25, 0.3) is 0 Å². The van der Waals surface area contributed by atoms with Crippen LogP contribution in [0.2, 0.25) is 0 Å². The molecule has 0 spiro atoms. The van der Waals surface area contributed by atoms with Crippen molar-refractivity contribution in [1.82, 2.24) is 4.98 Å². The first-order chi connectivity index (χ1) is 11.1. The Labute approximate surface area is 132 Å². The second-order valence-electron chi connectivity index (χ2n) is 5.27. The maximum Gasteiger partial charge on any atom is 0.336 e. The molecule has 116 valence electrons. The molecule has 0 atom stereocenters. The van der Waals surface area contributed by atoms with E-state index in [0.717, 1.165) is 16.8 Å². The second-order valence-corrected chi connectivity index (χ2v) is 5.27. The Morgan fingerprint density at radius 1 is 0.957 bits per heavy atom. The zero-order chi connectivity index (χ0) is 16.4. The van der Waals surface area contributed by atoms with E-state index in [9.17, 15) is 14.7 Å². The topological polar surface area (TPSA) is 90.4 Å². The van der Waals surface area contributed by atoms with Crippen molar-refractivity contribution >= 4 is 22.8 Å². The second kappa shape index (κ2) is 5.96. The van der Waals surface area contributed by atoms with Crippen LogP contribution in [0.15, 0.2) is 48.5 Å². The molecule has 0 unspecified atom stereocenters. The van der Waals surface area contributed by atoms with Crippen molar-refractivity contribution in [2.24, 2.45) is 0 Å². The van der Waals surface area contributed by atoms with Gasteiger partial charge in [0.1, 0.15) is 0 Å². The lowest BCUT2D eigenvalue weighted by molar-refractivity contribution is -0.136. The molecular weight excluding hydrogens is 294 g/mol. The summed E-state index contributed by atoms with van der Waals surface area (Å²) in [5.74, 6) is -1.93. The predicted octanol–water partition coefficient (Wildman–Crippen LogP) is 3.55. The summed E-state index contributed by atoms with van der Waals surface area (Å²) in [7, 11) is 0. The van der Waals surface area contributed by atoms with Crippen LogP contribution in [0.5, 0.6) is 0 Å². The van der Waals surface area contributed by atoms with Gasteiger partial charge in [-0.3, -0.25) is 4.79 Å². The molecular formula is C18H15NO4. The molecule has 0 saturated heterocycles. The number of aryl methyl sites for hydroxylation is 1. The molecule has 0 radical (unpaired) electrons. The molecule has 0 aliphatic heterocycles. The average molecular weight is 309 g/mol. The first-order valence-corrected chi connectivity index (χ1v) is 7.22. The van der Waals surface area contributed by atoms with E-state index in [1.54, 1.807) is 12.1 Å². The SMILES string of the molecule is O=C(O)CCc1c(-c2ccccc2)[nH]c2cccc(C(=O)O)c12. The van der Waals surface area contributed by atoms with Crippen LogP contribution in [0, 0.1) is 0 Å². The fraction of sp³-hybridized carbons (Fsp3) is 0.111. The van der Waals surface area contributed by atoms with Gasteiger partial charge in [-0.25, -0.2) is 4.79 Å². The Hall–Kier alpha value is -3.08. The zero-order valence-corrected chi connectivity index (χ0v) is 12.2. The van der Waals surface area contributed by atoms with Crippen molar-refractivity contribution in [2.45, 2.75) is 12.8 Å². The highest BCUT2D eigenvalue weighted by molar-refractivity contribution is 6.06. The van der Waals surface area contributed by atoms with E-state index in [4.69, 9.17) is 5.11 Å². The molecule has 23 heavy (non-hydrogen) atoms. The van der Waals surface area contributed by atoms with Crippen molar-refractivity contribution in [2.75, 3.05) is 0 Å². The van der Waals surface area contributed by atoms with Crippen LogP contribution in [0.4, 0.5) is 0 Å². The number of hydrogen-bond acceptors (Lipinski definition) is 2. The minimum atomic E-state index is -1.02. The van der Waals surface area contributed by atoms with Gasteiger partial charge in [-0.05, 0) is 29.7 Å². The van der Waals surface area contributed by atoms with Crippen LogP contribution < -0.4 is 0 Å². The molecule has 0 bridgehead atoms. The van der Waals surface area contributed by atoms with E-state index in [1.165, 1.54) is 6.07 Å². The van der Waals surface area contributed by atoms with Crippen molar-refractivity contribution in [1.29, 1.82) is 0 Å². The van der Waals surface area contributed by atoms with E-state index in [2.05, 4.69) is 4.98 Å². The number of carbonyl (C=O) groups is 2. The van der Waals surface area contributed by atoms with Gasteiger partial charge in [-0.15, -0.1) is 0 Å². The summed E-state index contributed by atoms with van der Waals surface area (Å²) in [6, 6.07) is 14.5. The predicted molar refractivity (Wildman–Crippen MR) is 86.7 cm³/mol. The fourth-order valence-corrected chi connectivity index (χ4v) is 2.83. The van der Waals surface area contributed by atoms with Crippen molar-refractivity contribution < 1.29 is 19.8 Å². The molecule has 0 amide bonds. The van der Waals surface area contributed by atoms with Crippen LogP contribution in [0.1, 0.15) is 22.3 Å². The van der Waals surface area contributed by atoms with Gasteiger partial charge in [0.2, 0.25) is 0 Å². The maximum absolute atomic E-state index is 11.5. The lowest BCUT2D eigenvalue weighted by atomic mass is 9.98. The minimum Gasteiger partial charge on any atom is -0.481 e. The molecule has 0 saturated carbocycles. The van der Waals surface area contributed by atoms with Gasteiger partial charge < -0.3 is 15.2 Å². The number of hydrogen-bond donors (Lipinski definition) is 3. The van der Waals surface area contributed by atoms with E-state index in [1.807, 2.05) is 30.3 Å². The van der Waals surface area contributed by atoms with Gasteiger partial charge in [0, 0.05) is 23.0 Å². The summed E-state index contributed by atoms with van der Waals surface area (Å²) in [5.41, 5.74) is 3.29. The molecule has 5 heteroatoms. The summed E-state index contributed by atoms with van der Waals surface area (Å²) in [6.45, 7) is 0. The monoisotopic (exact) mass is 309 g/mol. The third kappa shape index (κ3) is 2.81. The average Bonchev–Trinajstić information content (AvgIpc) is 2.92. The van der Waals surface area contributed by atoms with Crippen molar-refractivity contribution in [3.05, 3.63) is 59.7 Å². The number of nitrogens with one attached hydrogen (secondary N) is 1. The molecule has 2 aromatic carbocycles. The molecule has 0 fully saturated rings. The number of aromatic nitrogens is 1. The maximum atomic E-state index is 11.5. The van der Waals surface area contributed by atoms with Crippen molar-refractivity contribution in [3.8, 4) is 11.3 Å². The highest BCUT2D eigenvalue weighted by Crippen LogP contribution is 2.33. The zero-order valence-electron chi connectivity index (χ0n) is 12.2. The van der Waals surface area contributed by atoms with Gasteiger partial charge in [0.05, 0.1) is 5.56 Å². The van der Waals surface area contributed by atoms with Crippen LogP contribution >= 0.6 is 0 Å². The standard InChI is InChI=1S/C18H15NO4/c20-15(21)10-9-12-16-13(18(22)23)7-4-8-14(16)19-17(12)11-5-2-1-3-6-11/h1-8,19H,9-10H2,(H,20,21)(H,22,23). The Kier molecular flexibility index (Phi) is 3.85. The number of rotatable bonds is 5. The van der Waals surface area contributed by atoms with Gasteiger partial charge in [-0.1, -0.05) is 36.4 Å². The lowest BCUT2D eigenvalue weighted by Crippen LogP contribution is -2.01. The summed E-state index contributed by atoms with van der Waals surface area (Å²) in [6.07, 6.45) is 0.213. The summed E-state index contributed by atoms with van der Waals surface area (Å²) >= 11 is 0. The quantitative estimate of drug-likeness (QED) is 0.672. The first kappa shape index (κ1) is 14.8. The summed E-state index contributed by atoms with van der Waals surface area (Å²) in [4.78, 5) is 25.7. The Bertz CT molecular complexity index is 881. The molecule has 0 aliphatic carbocycles. The number of aromatic amines is 1. The highest BCUT2D eigenvalue weighted by Gasteiger charge is 2.19. The van der Waals surface area contributed by atoms with E-state index >= 15 is 0 Å². The van der Waals surface area contributed by atoms with Crippen LogP contribution in [0.25, 0.3) is 22.2 Å². The lowest BCUT2D eigenvalue weighted by Gasteiger charge is -2.05. The van der Waals surface area contributed by atoms with Crippen molar-refractivity contribution in [3.63, 3.8) is 0 Å². The molecule has 3 rings (SSSR count). The summed E-state index contributed by atoms with van der Waals surface area (Å²) in [5, 5.41) is 19.0. The molecule has 3 N–H and O–H groups in total. The number of fused-ring (bicyclic) bond motifs is 1. The van der Waals surface area contributed by atoms with Gasteiger partial charge in [-0.2, -0.15) is 0 Å². The molecule has 3 aromatic rings. The smallest absolute Gasteiger partial charge is 0.336 e. The Morgan fingerprint density at radius 3 is 2.35 bits per heavy atom. The van der Waals surface area contributed by atoms with E-state index in [-0.39, 0.29) is 18.4 Å². The van der Waals surface area contributed by atoms with E-state index in [0.29, 0.717) is 10.9 Å². The number of benzene rings is 2. The molecule has 5 nitrogen and oxygen atoms in total. The third-order valence-electron chi connectivity index (χ3n) is 3.81. The normalized spacial score (nSPS) is 10.8. The minimum absolute atomic E-state index is 0.0548. The number of carboxylic acids is 2. The molecule has 0 aliphatic rings. The molecule has 1 heterocycles. The number of aromatic carboxylic acids is 1.